The first-order chi connectivity index (χ1) is 16.6. The number of rotatable bonds is 4. The molecule has 5 rings (SSSR count). The lowest BCUT2D eigenvalue weighted by Gasteiger charge is -2.35. The van der Waals surface area contributed by atoms with Crippen LogP contribution in [0.1, 0.15) is 11.3 Å². The first-order valence-corrected chi connectivity index (χ1v) is 11.8. The highest BCUT2D eigenvalue weighted by Gasteiger charge is 2.29. The van der Waals surface area contributed by atoms with E-state index in [9.17, 15) is 4.79 Å². The molecule has 0 unspecified atom stereocenters. The van der Waals surface area contributed by atoms with Crippen molar-refractivity contribution in [3.8, 4) is 11.1 Å². The molecule has 4 heterocycles. The second-order valence-electron chi connectivity index (χ2n) is 9.80. The van der Waals surface area contributed by atoms with Gasteiger partial charge in [0.2, 0.25) is 5.91 Å². The van der Waals surface area contributed by atoms with Crippen LogP contribution >= 0.6 is 11.6 Å². The normalized spacial score (nSPS) is 14.1. The second-order valence-corrected chi connectivity index (χ2v) is 10.2. The molecule has 3 aromatic heterocycles. The fourth-order valence-corrected chi connectivity index (χ4v) is 4.76. The third-order valence-electron chi connectivity index (χ3n) is 6.34. The maximum absolute atomic E-state index is 15.1. The topological polar surface area (TPSA) is 75.9 Å². The van der Waals surface area contributed by atoms with Gasteiger partial charge in [-0.05, 0) is 41.3 Å². The molecule has 4 aromatic rings. The summed E-state index contributed by atoms with van der Waals surface area (Å²) in [5.74, 6) is 0.694. The van der Waals surface area contributed by atoms with Crippen LogP contribution in [0.25, 0.3) is 21.9 Å². The Morgan fingerprint density at radius 1 is 1.14 bits per heavy atom. The molecule has 0 bridgehead atoms. The van der Waals surface area contributed by atoms with E-state index in [2.05, 4.69) is 20.4 Å². The van der Waals surface area contributed by atoms with Crippen molar-refractivity contribution in [3.63, 3.8) is 0 Å². The zero-order valence-corrected chi connectivity index (χ0v) is 20.8. The van der Waals surface area contributed by atoms with Crippen LogP contribution in [0.4, 0.5) is 16.0 Å². The lowest BCUT2D eigenvalue weighted by Crippen LogP contribution is -2.54. The van der Waals surface area contributed by atoms with Crippen molar-refractivity contribution in [1.82, 2.24) is 24.6 Å². The van der Waals surface area contributed by atoms with E-state index in [4.69, 9.17) is 11.6 Å². The van der Waals surface area contributed by atoms with Crippen LogP contribution in [0.3, 0.4) is 0 Å². The fourth-order valence-electron chi connectivity index (χ4n) is 4.50. The summed E-state index contributed by atoms with van der Waals surface area (Å²) in [5, 5.41) is 8.86. The minimum absolute atomic E-state index is 0.0235. The van der Waals surface area contributed by atoms with Gasteiger partial charge in [0.05, 0.1) is 5.02 Å². The van der Waals surface area contributed by atoms with Gasteiger partial charge in [-0.3, -0.25) is 14.5 Å². The van der Waals surface area contributed by atoms with Gasteiger partial charge in [0.15, 0.2) is 5.82 Å². The van der Waals surface area contributed by atoms with Crippen molar-refractivity contribution in [3.05, 3.63) is 65.0 Å². The number of carbonyl (C=O) groups is 1. The summed E-state index contributed by atoms with van der Waals surface area (Å²) in [7, 11) is 6.11. The maximum Gasteiger partial charge on any atom is 0.242 e. The van der Waals surface area contributed by atoms with E-state index in [0.717, 1.165) is 16.6 Å². The molecule has 0 spiro atoms. The van der Waals surface area contributed by atoms with Gasteiger partial charge in [0, 0.05) is 59.8 Å². The number of nitrogens with one attached hydrogen (secondary N) is 1. The Kier molecular flexibility index (Phi) is 5.83. The van der Waals surface area contributed by atoms with Crippen LogP contribution in [-0.2, 0) is 17.8 Å². The Morgan fingerprint density at radius 2 is 1.94 bits per heavy atom. The predicted octanol–water partition coefficient (Wildman–Crippen LogP) is 1.23. The molecule has 1 aliphatic rings. The summed E-state index contributed by atoms with van der Waals surface area (Å²) in [6.07, 6.45) is 5.57. The standard InChI is InChI=1S/C23H23B3ClFN6O/c1-12-2-4-29-9-16(12)15-6-13-7-18(30-10-17(13)21(27)22(15)28)31-19-8-14-3-5-33(23(24,25)26)20(35)11-34(14)32-19/h2,4,6-10H,3,5,11,24-26H2,1H3,(H,30,31,32). The summed E-state index contributed by atoms with van der Waals surface area (Å²) in [5.41, 5.74) is 2.96. The average Bonchev–Trinajstić information content (AvgIpc) is 3.08. The van der Waals surface area contributed by atoms with Gasteiger partial charge < -0.3 is 10.2 Å². The van der Waals surface area contributed by atoms with Crippen molar-refractivity contribution in [2.75, 3.05) is 11.9 Å². The lowest BCUT2D eigenvalue weighted by molar-refractivity contribution is -0.131. The van der Waals surface area contributed by atoms with Crippen molar-refractivity contribution >= 4 is 63.5 Å². The molecule has 0 saturated carbocycles. The van der Waals surface area contributed by atoms with E-state index in [1.165, 1.54) is 0 Å². The molecule has 0 saturated heterocycles. The quantitative estimate of drug-likeness (QED) is 0.440. The molecule has 174 valence electrons. The van der Waals surface area contributed by atoms with Gasteiger partial charge in [-0.15, -0.1) is 0 Å². The molecule has 0 atom stereocenters. The summed E-state index contributed by atoms with van der Waals surface area (Å²) in [6.45, 7) is 2.74. The SMILES string of the molecule is BC(B)(B)N1CCc2cc(Nc3cc4cc(-c5cnccc5C)c(F)c(Cl)c4cn3)nn2CC1=O. The molecule has 0 radical (unpaired) electrons. The Labute approximate surface area is 210 Å². The van der Waals surface area contributed by atoms with E-state index >= 15 is 4.39 Å². The van der Waals surface area contributed by atoms with Crippen LogP contribution < -0.4 is 5.32 Å². The number of pyridine rings is 2. The van der Waals surface area contributed by atoms with Gasteiger partial charge in [0.1, 0.15) is 41.7 Å². The van der Waals surface area contributed by atoms with Crippen LogP contribution in [0.15, 0.2) is 42.9 Å². The first kappa shape index (κ1) is 23.4. The highest BCUT2D eigenvalue weighted by Crippen LogP contribution is 2.36. The smallest absolute Gasteiger partial charge is 0.242 e. The first-order valence-electron chi connectivity index (χ1n) is 11.4. The molecular formula is C23H23B3ClFN6O. The number of fused-ring (bicyclic) bond motifs is 2. The zero-order valence-electron chi connectivity index (χ0n) is 20.1. The Balaban J connectivity index is 1.45. The van der Waals surface area contributed by atoms with Crippen molar-refractivity contribution in [2.45, 2.75) is 25.1 Å². The molecule has 0 aliphatic carbocycles. The van der Waals surface area contributed by atoms with E-state index in [0.29, 0.717) is 41.1 Å². The van der Waals surface area contributed by atoms with Crippen molar-refractivity contribution < 1.29 is 9.18 Å². The molecule has 1 N–H and O–H groups in total. The van der Waals surface area contributed by atoms with Crippen molar-refractivity contribution in [2.24, 2.45) is 0 Å². The van der Waals surface area contributed by atoms with Gasteiger partial charge in [-0.2, -0.15) is 5.10 Å². The zero-order chi connectivity index (χ0) is 24.9. The molecule has 12 heteroatoms. The van der Waals surface area contributed by atoms with Gasteiger partial charge in [-0.25, -0.2) is 9.37 Å². The molecule has 35 heavy (non-hydrogen) atoms. The van der Waals surface area contributed by atoms with E-state index in [1.54, 1.807) is 29.3 Å². The third-order valence-corrected chi connectivity index (χ3v) is 6.71. The number of benzene rings is 1. The number of nitrogens with zero attached hydrogens (tertiary/aromatic N) is 5. The maximum atomic E-state index is 15.1. The highest BCUT2D eigenvalue weighted by molar-refractivity contribution is 6.59. The largest absolute Gasteiger partial charge is 0.358 e. The number of halogens is 2. The fraction of sp³-hybridized carbons (Fsp3) is 0.217. The number of hydrogen-bond donors (Lipinski definition) is 1. The number of carbonyl (C=O) groups excluding carboxylic acids is 1. The van der Waals surface area contributed by atoms with Crippen LogP contribution in [0.2, 0.25) is 5.02 Å². The van der Waals surface area contributed by atoms with E-state index in [-0.39, 0.29) is 22.7 Å². The lowest BCUT2D eigenvalue weighted by atomic mass is 9.48. The van der Waals surface area contributed by atoms with Crippen molar-refractivity contribution in [1.29, 1.82) is 0 Å². The third kappa shape index (κ3) is 4.40. The van der Waals surface area contributed by atoms with Crippen LogP contribution in [0, 0.1) is 12.7 Å². The number of aryl methyl sites for hydroxylation is 1. The Morgan fingerprint density at radius 3 is 2.69 bits per heavy atom. The highest BCUT2D eigenvalue weighted by atomic mass is 35.5. The molecule has 1 aromatic carbocycles. The molecule has 7 nitrogen and oxygen atoms in total. The van der Waals surface area contributed by atoms with Crippen LogP contribution in [-0.4, -0.2) is 65.9 Å². The summed E-state index contributed by atoms with van der Waals surface area (Å²) in [6, 6.07) is 7.34. The molecule has 1 amide bonds. The van der Waals surface area contributed by atoms with Gasteiger partial charge in [0.25, 0.3) is 0 Å². The molecular weight excluding hydrogens is 463 g/mol. The number of hydrogen-bond acceptors (Lipinski definition) is 5. The number of amides is 1. The minimum atomic E-state index is -0.496. The van der Waals surface area contributed by atoms with E-state index in [1.807, 2.05) is 53.6 Å². The molecule has 0 fully saturated rings. The summed E-state index contributed by atoms with van der Waals surface area (Å²) in [4.78, 5) is 23.2. The number of aromatic nitrogens is 4. The Hall–Kier alpha value is -3.33. The molecule has 1 aliphatic heterocycles. The van der Waals surface area contributed by atoms with Gasteiger partial charge >= 0.3 is 0 Å². The van der Waals surface area contributed by atoms with Gasteiger partial charge in [-0.1, -0.05) is 11.6 Å². The monoisotopic (exact) mass is 486 g/mol. The minimum Gasteiger partial charge on any atom is -0.358 e. The summed E-state index contributed by atoms with van der Waals surface area (Å²) < 4.78 is 16.8. The van der Waals surface area contributed by atoms with E-state index < -0.39 is 5.82 Å². The summed E-state index contributed by atoms with van der Waals surface area (Å²) >= 11 is 6.38. The average molecular weight is 486 g/mol. The predicted molar refractivity (Wildman–Crippen MR) is 144 cm³/mol. The number of anilines is 2. The van der Waals surface area contributed by atoms with Crippen LogP contribution in [0.5, 0.6) is 0 Å². The Bertz CT molecular complexity index is 1470. The second kappa shape index (κ2) is 8.71.